The predicted octanol–water partition coefficient (Wildman–Crippen LogP) is 4.48. The summed E-state index contributed by atoms with van der Waals surface area (Å²) in [6, 6.07) is 7.51. The van der Waals surface area contributed by atoms with Gasteiger partial charge in [0.25, 0.3) is 0 Å². The van der Waals surface area contributed by atoms with Gasteiger partial charge < -0.3 is 10.1 Å². The van der Waals surface area contributed by atoms with Crippen molar-refractivity contribution in [2.75, 3.05) is 51.3 Å². The third-order valence-electron chi connectivity index (χ3n) is 6.92. The molecular weight excluding hydrogens is 410 g/mol. The molecule has 2 aromatic rings. The van der Waals surface area contributed by atoms with Crippen molar-refractivity contribution in [2.24, 2.45) is 0 Å². The molecule has 3 heterocycles. The monoisotopic (exact) mass is 447 g/mol. The van der Waals surface area contributed by atoms with Crippen molar-refractivity contribution in [3.8, 4) is 0 Å². The van der Waals surface area contributed by atoms with E-state index in [1.54, 1.807) is 0 Å². The Bertz CT molecular complexity index is 825. The van der Waals surface area contributed by atoms with Crippen LogP contribution in [0.4, 0.5) is 5.82 Å². The molecule has 0 bridgehead atoms. The van der Waals surface area contributed by atoms with E-state index in [2.05, 4.69) is 39.7 Å². The first kappa shape index (κ1) is 22.8. The van der Waals surface area contributed by atoms with Gasteiger partial charge in [-0.05, 0) is 57.7 Å². The van der Waals surface area contributed by atoms with Crippen molar-refractivity contribution < 1.29 is 4.74 Å². The van der Waals surface area contributed by atoms with Gasteiger partial charge in [0, 0.05) is 61.8 Å². The first-order valence-corrected chi connectivity index (χ1v) is 12.5. The Kier molecular flexibility index (Phi) is 8.10. The molecule has 1 aromatic carbocycles. The number of rotatable bonds is 9. The molecule has 4 rings (SSSR count). The van der Waals surface area contributed by atoms with Gasteiger partial charge in [0.05, 0.1) is 18.7 Å². The minimum absolute atomic E-state index is 0.703. The number of hydrogen-bond acceptors (Lipinski definition) is 5. The Morgan fingerprint density at radius 3 is 2.61 bits per heavy atom. The molecule has 0 radical (unpaired) electrons. The van der Waals surface area contributed by atoms with Crippen LogP contribution in [0.3, 0.4) is 0 Å². The number of fused-ring (bicyclic) bond motifs is 1. The van der Waals surface area contributed by atoms with E-state index in [9.17, 15) is 0 Å². The lowest BCUT2D eigenvalue weighted by atomic mass is 9.97. The average molecular weight is 448 g/mol. The van der Waals surface area contributed by atoms with E-state index in [0.29, 0.717) is 12.1 Å². The number of benzene rings is 1. The summed E-state index contributed by atoms with van der Waals surface area (Å²) in [5.74, 6) is 0.962. The molecule has 2 aliphatic heterocycles. The third-order valence-corrected chi connectivity index (χ3v) is 7.16. The zero-order chi connectivity index (χ0) is 21.6. The Hall–Kier alpha value is -1.34. The van der Waals surface area contributed by atoms with E-state index in [4.69, 9.17) is 21.4 Å². The molecule has 1 aromatic heterocycles. The van der Waals surface area contributed by atoms with Crippen molar-refractivity contribution in [2.45, 2.75) is 64.6 Å². The number of halogens is 1. The number of anilines is 1. The highest BCUT2D eigenvalue weighted by Gasteiger charge is 2.23. The van der Waals surface area contributed by atoms with Gasteiger partial charge in [0.2, 0.25) is 0 Å². The molecule has 31 heavy (non-hydrogen) atoms. The van der Waals surface area contributed by atoms with Gasteiger partial charge in [0.15, 0.2) is 5.82 Å². The second-order valence-electron chi connectivity index (χ2n) is 9.19. The van der Waals surface area contributed by atoms with Crippen LogP contribution in [0.2, 0.25) is 5.02 Å². The van der Waals surface area contributed by atoms with E-state index in [0.717, 1.165) is 87.1 Å². The summed E-state index contributed by atoms with van der Waals surface area (Å²) in [6.45, 7) is 12.6. The summed E-state index contributed by atoms with van der Waals surface area (Å²) in [7, 11) is 0. The smallest absolute Gasteiger partial charge is 0.156 e. The SMILES string of the molecule is CC1CCCC(C)N1CCCNc1nn(CCCN2CCOCC2)c2ccc(Cl)cc12. The Morgan fingerprint density at radius 2 is 1.84 bits per heavy atom. The molecule has 2 atom stereocenters. The molecule has 172 valence electrons. The molecule has 6 nitrogen and oxygen atoms in total. The number of aromatic nitrogens is 2. The van der Waals surface area contributed by atoms with E-state index < -0.39 is 0 Å². The zero-order valence-electron chi connectivity index (χ0n) is 19.2. The van der Waals surface area contributed by atoms with Gasteiger partial charge in [-0.15, -0.1) is 0 Å². The lowest BCUT2D eigenvalue weighted by Crippen LogP contribution is -2.44. The van der Waals surface area contributed by atoms with Crippen molar-refractivity contribution in [1.29, 1.82) is 0 Å². The highest BCUT2D eigenvalue weighted by molar-refractivity contribution is 6.31. The summed E-state index contributed by atoms with van der Waals surface area (Å²) in [4.78, 5) is 5.15. The Balaban J connectivity index is 1.33. The van der Waals surface area contributed by atoms with E-state index in [-0.39, 0.29) is 0 Å². The molecule has 1 N–H and O–H groups in total. The number of ether oxygens (including phenoxy) is 1. The lowest BCUT2D eigenvalue weighted by molar-refractivity contribution is 0.0368. The average Bonchev–Trinajstić information content (AvgIpc) is 3.10. The van der Waals surface area contributed by atoms with Gasteiger partial charge in [-0.3, -0.25) is 14.5 Å². The number of piperidine rings is 1. The molecule has 7 heteroatoms. The maximum absolute atomic E-state index is 6.31. The lowest BCUT2D eigenvalue weighted by Gasteiger charge is -2.39. The number of aryl methyl sites for hydroxylation is 1. The van der Waals surface area contributed by atoms with Crippen LogP contribution in [-0.2, 0) is 11.3 Å². The maximum Gasteiger partial charge on any atom is 0.156 e. The third kappa shape index (κ3) is 5.92. The van der Waals surface area contributed by atoms with Gasteiger partial charge in [-0.2, -0.15) is 5.10 Å². The van der Waals surface area contributed by atoms with Crippen molar-refractivity contribution in [3.05, 3.63) is 23.2 Å². The van der Waals surface area contributed by atoms with E-state index >= 15 is 0 Å². The van der Waals surface area contributed by atoms with Gasteiger partial charge >= 0.3 is 0 Å². The number of nitrogens with one attached hydrogen (secondary N) is 1. The molecule has 2 fully saturated rings. The molecule has 2 unspecified atom stereocenters. The number of nitrogens with zero attached hydrogens (tertiary/aromatic N) is 4. The fourth-order valence-electron chi connectivity index (χ4n) is 5.11. The van der Waals surface area contributed by atoms with Crippen LogP contribution in [0.15, 0.2) is 18.2 Å². The quantitative estimate of drug-likeness (QED) is 0.574. The van der Waals surface area contributed by atoms with E-state index in [1.165, 1.54) is 19.3 Å². The fourth-order valence-corrected chi connectivity index (χ4v) is 5.28. The maximum atomic E-state index is 6.31. The summed E-state index contributed by atoms with van der Waals surface area (Å²) in [5.41, 5.74) is 1.16. The van der Waals surface area contributed by atoms with E-state index in [1.807, 2.05) is 12.1 Å². The van der Waals surface area contributed by atoms with Crippen LogP contribution in [0.25, 0.3) is 10.9 Å². The highest BCUT2D eigenvalue weighted by Crippen LogP contribution is 2.27. The summed E-state index contributed by atoms with van der Waals surface area (Å²) >= 11 is 6.31. The molecule has 0 saturated carbocycles. The fraction of sp³-hybridized carbons (Fsp3) is 0.708. The van der Waals surface area contributed by atoms with Crippen LogP contribution in [0.5, 0.6) is 0 Å². The minimum atomic E-state index is 0.703. The zero-order valence-corrected chi connectivity index (χ0v) is 19.9. The normalized spacial score (nSPS) is 23.5. The van der Waals surface area contributed by atoms with Gasteiger partial charge in [0.1, 0.15) is 0 Å². The van der Waals surface area contributed by atoms with Crippen LogP contribution < -0.4 is 5.32 Å². The molecule has 0 amide bonds. The molecular formula is C24H38ClN5O. The molecule has 0 aliphatic carbocycles. The summed E-state index contributed by atoms with van der Waals surface area (Å²) < 4.78 is 7.59. The number of morpholine rings is 1. The Labute approximate surface area is 191 Å². The van der Waals surface area contributed by atoms with Crippen molar-refractivity contribution in [1.82, 2.24) is 19.6 Å². The number of hydrogen-bond donors (Lipinski definition) is 1. The second kappa shape index (κ2) is 11.0. The van der Waals surface area contributed by atoms with Crippen LogP contribution in [0, 0.1) is 0 Å². The van der Waals surface area contributed by atoms with Crippen molar-refractivity contribution in [3.63, 3.8) is 0 Å². The largest absolute Gasteiger partial charge is 0.379 e. The highest BCUT2D eigenvalue weighted by atomic mass is 35.5. The van der Waals surface area contributed by atoms with Gasteiger partial charge in [-0.1, -0.05) is 18.0 Å². The second-order valence-corrected chi connectivity index (χ2v) is 9.62. The van der Waals surface area contributed by atoms with Gasteiger partial charge in [-0.25, -0.2) is 0 Å². The summed E-state index contributed by atoms with van der Waals surface area (Å²) in [5, 5.41) is 10.4. The standard InChI is InChI=1S/C24H38ClN5O/c1-19-6-3-7-20(2)29(19)12-4-10-26-24-22-18-21(25)8-9-23(22)30(27-24)13-5-11-28-14-16-31-17-15-28/h8-9,18-20H,3-7,10-17H2,1-2H3,(H,26,27). The van der Waals surface area contributed by atoms with Crippen molar-refractivity contribution >= 4 is 28.3 Å². The molecule has 0 spiro atoms. The first-order valence-electron chi connectivity index (χ1n) is 12.1. The topological polar surface area (TPSA) is 45.6 Å². The Morgan fingerprint density at radius 1 is 1.06 bits per heavy atom. The molecule has 2 saturated heterocycles. The number of likely N-dealkylation sites (tertiary alicyclic amines) is 1. The van der Waals surface area contributed by atoms with Crippen LogP contribution in [-0.4, -0.2) is 77.6 Å². The molecule has 2 aliphatic rings. The summed E-state index contributed by atoms with van der Waals surface area (Å²) in [6.07, 6.45) is 6.24. The predicted molar refractivity (Wildman–Crippen MR) is 129 cm³/mol. The minimum Gasteiger partial charge on any atom is -0.379 e. The van der Waals surface area contributed by atoms with Crippen LogP contribution in [0.1, 0.15) is 46.0 Å². The first-order chi connectivity index (χ1) is 15.1. The van der Waals surface area contributed by atoms with Crippen LogP contribution >= 0.6 is 11.6 Å².